The van der Waals surface area contributed by atoms with Gasteiger partial charge in [-0.1, -0.05) is 13.0 Å². The number of aryl methyl sites for hydroxylation is 1. The number of benzene rings is 1. The van der Waals surface area contributed by atoms with E-state index in [4.69, 9.17) is 4.74 Å². The monoisotopic (exact) mass is 418 g/mol. The molecule has 1 amide bonds. The van der Waals surface area contributed by atoms with Crippen molar-refractivity contribution in [3.05, 3.63) is 45.8 Å². The number of aromatic amines is 1. The molecular weight excluding hydrogens is 398 g/mol. The van der Waals surface area contributed by atoms with Crippen molar-refractivity contribution < 1.29 is 23.4 Å². The number of aromatic hydroxyl groups is 1. The molecule has 0 saturated carbocycles. The highest BCUT2D eigenvalue weighted by Gasteiger charge is 2.24. The lowest BCUT2D eigenvalue weighted by Gasteiger charge is -2.26. The quantitative estimate of drug-likeness (QED) is 0.658. The molecule has 0 aliphatic carbocycles. The van der Waals surface area contributed by atoms with E-state index in [0.717, 1.165) is 12.1 Å². The first-order valence-electron chi connectivity index (χ1n) is 9.56. The van der Waals surface area contributed by atoms with Gasteiger partial charge in [0, 0.05) is 13.1 Å². The van der Waals surface area contributed by atoms with Crippen LogP contribution in [0.1, 0.15) is 12.6 Å². The summed E-state index contributed by atoms with van der Waals surface area (Å²) in [7, 11) is 0. The Balaban J connectivity index is 1.83. The standard InChI is InChI=1S/C20H20F2N4O4/c1-2-13-16-18(28)19(29)17(15-11(21)4-3-5-12(15)22)23-20(16)26(24-13)7-6-25-8-9-30-10-14(25)27/h3-5,29H,2,6-10H2,1H3,(H,23,28). The van der Waals surface area contributed by atoms with Gasteiger partial charge in [-0.25, -0.2) is 13.5 Å². The van der Waals surface area contributed by atoms with Crippen molar-refractivity contribution in [2.24, 2.45) is 0 Å². The maximum atomic E-state index is 14.3. The Morgan fingerprint density at radius 3 is 2.63 bits per heavy atom. The summed E-state index contributed by atoms with van der Waals surface area (Å²) in [6.45, 7) is 3.28. The molecule has 3 heterocycles. The van der Waals surface area contributed by atoms with Crippen LogP contribution >= 0.6 is 0 Å². The SMILES string of the molecule is CCc1nn(CCN2CCOCC2=O)c2[nH]c(-c3c(F)cccc3F)c(O)c(=O)c12. The molecule has 0 atom stereocenters. The molecule has 0 unspecified atom stereocenters. The van der Waals surface area contributed by atoms with Crippen molar-refractivity contribution in [3.63, 3.8) is 0 Å². The second-order valence-electron chi connectivity index (χ2n) is 6.95. The van der Waals surface area contributed by atoms with Gasteiger partial charge in [0.05, 0.1) is 35.5 Å². The minimum Gasteiger partial charge on any atom is -0.503 e. The summed E-state index contributed by atoms with van der Waals surface area (Å²) >= 11 is 0. The lowest BCUT2D eigenvalue weighted by atomic mass is 10.1. The summed E-state index contributed by atoms with van der Waals surface area (Å²) < 4.78 is 35.2. The van der Waals surface area contributed by atoms with Gasteiger partial charge in [-0.15, -0.1) is 0 Å². The van der Waals surface area contributed by atoms with E-state index in [9.17, 15) is 23.5 Å². The first-order chi connectivity index (χ1) is 14.4. The Morgan fingerprint density at radius 1 is 1.23 bits per heavy atom. The first kappa shape index (κ1) is 20.0. The highest BCUT2D eigenvalue weighted by molar-refractivity contribution is 5.85. The molecule has 10 heteroatoms. The minimum atomic E-state index is -0.916. The Labute approximate surface area is 169 Å². The molecule has 0 spiro atoms. The number of carbonyl (C=O) groups is 1. The lowest BCUT2D eigenvalue weighted by molar-refractivity contribution is -0.142. The fraction of sp³-hybridized carbons (Fsp3) is 0.350. The van der Waals surface area contributed by atoms with Crippen molar-refractivity contribution in [3.8, 4) is 17.0 Å². The van der Waals surface area contributed by atoms with E-state index in [1.807, 2.05) is 0 Å². The molecule has 1 aromatic carbocycles. The van der Waals surface area contributed by atoms with Crippen LogP contribution in [0, 0.1) is 11.6 Å². The number of nitrogens with one attached hydrogen (secondary N) is 1. The van der Waals surface area contributed by atoms with Gasteiger partial charge in [0.25, 0.3) is 0 Å². The number of amides is 1. The van der Waals surface area contributed by atoms with Crippen LogP contribution in [-0.4, -0.2) is 57.0 Å². The normalized spacial score (nSPS) is 14.6. The second kappa shape index (κ2) is 7.86. The van der Waals surface area contributed by atoms with Crippen molar-refractivity contribution in [2.45, 2.75) is 19.9 Å². The van der Waals surface area contributed by atoms with Crippen molar-refractivity contribution in [1.29, 1.82) is 0 Å². The minimum absolute atomic E-state index is 0.0154. The van der Waals surface area contributed by atoms with Crippen LogP contribution in [0.5, 0.6) is 5.75 Å². The van der Waals surface area contributed by atoms with E-state index >= 15 is 0 Å². The molecule has 1 fully saturated rings. The van der Waals surface area contributed by atoms with Crippen LogP contribution in [0.3, 0.4) is 0 Å². The van der Waals surface area contributed by atoms with Crippen LogP contribution in [0.2, 0.25) is 0 Å². The van der Waals surface area contributed by atoms with Crippen molar-refractivity contribution in [1.82, 2.24) is 19.7 Å². The van der Waals surface area contributed by atoms with Crippen molar-refractivity contribution in [2.75, 3.05) is 26.3 Å². The van der Waals surface area contributed by atoms with Gasteiger partial charge in [-0.05, 0) is 18.6 Å². The zero-order chi connectivity index (χ0) is 21.4. The Morgan fingerprint density at radius 2 is 1.97 bits per heavy atom. The number of halogens is 2. The highest BCUT2D eigenvalue weighted by Crippen LogP contribution is 2.31. The fourth-order valence-corrected chi connectivity index (χ4v) is 3.62. The number of fused-ring (bicyclic) bond motifs is 1. The summed E-state index contributed by atoms with van der Waals surface area (Å²) in [5, 5.41) is 15.0. The van der Waals surface area contributed by atoms with Gasteiger partial charge < -0.3 is 19.7 Å². The molecule has 8 nitrogen and oxygen atoms in total. The molecule has 0 bridgehead atoms. The van der Waals surface area contributed by atoms with E-state index in [1.54, 1.807) is 11.8 Å². The fourth-order valence-electron chi connectivity index (χ4n) is 3.62. The molecule has 1 aliphatic rings. The van der Waals surface area contributed by atoms with Crippen LogP contribution in [0.15, 0.2) is 23.0 Å². The third kappa shape index (κ3) is 3.32. The smallest absolute Gasteiger partial charge is 0.248 e. The number of rotatable bonds is 5. The summed E-state index contributed by atoms with van der Waals surface area (Å²) in [6.07, 6.45) is 0.413. The molecular formula is C20H20F2N4O4. The molecule has 1 aliphatic heterocycles. The summed E-state index contributed by atoms with van der Waals surface area (Å²) in [6, 6.07) is 3.28. The van der Waals surface area contributed by atoms with Crippen LogP contribution in [-0.2, 0) is 22.5 Å². The number of aromatic nitrogens is 3. The first-order valence-corrected chi connectivity index (χ1v) is 9.56. The Hall–Kier alpha value is -3.27. The molecule has 30 heavy (non-hydrogen) atoms. The number of nitrogens with zero attached hydrogens (tertiary/aromatic N) is 3. The topological polar surface area (TPSA) is 100 Å². The molecule has 158 valence electrons. The van der Waals surface area contributed by atoms with E-state index in [-0.39, 0.29) is 35.8 Å². The van der Waals surface area contributed by atoms with Crippen molar-refractivity contribution >= 4 is 16.9 Å². The van der Waals surface area contributed by atoms with Crippen LogP contribution in [0.4, 0.5) is 8.78 Å². The molecule has 3 aromatic rings. The third-order valence-corrected chi connectivity index (χ3v) is 5.16. The van der Waals surface area contributed by atoms with Gasteiger partial charge in [0.15, 0.2) is 5.75 Å². The molecule has 2 N–H and O–H groups in total. The Bertz CT molecular complexity index is 1170. The number of hydrogen-bond donors (Lipinski definition) is 2. The predicted molar refractivity (Wildman–Crippen MR) is 104 cm³/mol. The van der Waals surface area contributed by atoms with Crippen LogP contribution < -0.4 is 5.43 Å². The molecule has 1 saturated heterocycles. The number of pyridine rings is 1. The number of H-pyrrole nitrogens is 1. The highest BCUT2D eigenvalue weighted by atomic mass is 19.1. The van der Waals surface area contributed by atoms with E-state index in [0.29, 0.717) is 31.8 Å². The zero-order valence-electron chi connectivity index (χ0n) is 16.2. The number of ether oxygens (including phenoxy) is 1. The maximum absolute atomic E-state index is 14.3. The Kier molecular flexibility index (Phi) is 5.25. The summed E-state index contributed by atoms with van der Waals surface area (Å²) in [5.41, 5.74) is -0.965. The largest absolute Gasteiger partial charge is 0.503 e. The summed E-state index contributed by atoms with van der Waals surface area (Å²) in [4.78, 5) is 29.2. The molecule has 0 radical (unpaired) electrons. The van der Waals surface area contributed by atoms with Gasteiger partial charge >= 0.3 is 0 Å². The average Bonchev–Trinajstić information content (AvgIpc) is 3.08. The third-order valence-electron chi connectivity index (χ3n) is 5.16. The maximum Gasteiger partial charge on any atom is 0.248 e. The molecule has 2 aromatic heterocycles. The lowest BCUT2D eigenvalue weighted by Crippen LogP contribution is -2.43. The van der Waals surface area contributed by atoms with Crippen LogP contribution in [0.25, 0.3) is 22.3 Å². The number of hydrogen-bond acceptors (Lipinski definition) is 5. The molecule has 4 rings (SSSR count). The summed E-state index contributed by atoms with van der Waals surface area (Å²) in [5.74, 6) is -2.75. The predicted octanol–water partition coefficient (Wildman–Crippen LogP) is 1.80. The zero-order valence-corrected chi connectivity index (χ0v) is 16.2. The van der Waals surface area contributed by atoms with E-state index in [2.05, 4.69) is 10.1 Å². The van der Waals surface area contributed by atoms with E-state index < -0.39 is 28.4 Å². The number of morpholine rings is 1. The number of carbonyl (C=O) groups excluding carboxylic acids is 1. The van der Waals surface area contributed by atoms with Gasteiger partial charge in [-0.3, -0.25) is 9.59 Å². The second-order valence-corrected chi connectivity index (χ2v) is 6.95. The average molecular weight is 418 g/mol. The van der Waals surface area contributed by atoms with Gasteiger partial charge in [-0.2, -0.15) is 5.10 Å². The van der Waals surface area contributed by atoms with Gasteiger partial charge in [0.2, 0.25) is 11.3 Å². The van der Waals surface area contributed by atoms with E-state index in [1.165, 1.54) is 10.7 Å². The van der Waals surface area contributed by atoms with Gasteiger partial charge in [0.1, 0.15) is 23.9 Å².